The summed E-state index contributed by atoms with van der Waals surface area (Å²) in [7, 11) is 2.21. The Bertz CT molecular complexity index is 102. The average Bonchev–Trinajstić information content (AvgIpc) is 2.06. The molecule has 0 bridgehead atoms. The highest BCUT2D eigenvalue weighted by molar-refractivity contribution is 7.59. The average molecular weight is 203 g/mol. The highest BCUT2D eigenvalue weighted by Gasteiger charge is 2.10. The third-order valence-corrected chi connectivity index (χ3v) is 2.10. The van der Waals surface area contributed by atoms with E-state index in [4.69, 9.17) is 5.02 Å². The molecule has 1 fully saturated rings. The molecule has 78 valence electrons. The molecule has 0 heterocycles. The summed E-state index contributed by atoms with van der Waals surface area (Å²) in [6.07, 6.45) is 7.17. The summed E-state index contributed by atoms with van der Waals surface area (Å²) >= 11 is 0. The first kappa shape index (κ1) is 13.4. The summed E-state index contributed by atoms with van der Waals surface area (Å²) in [4.78, 5) is 0. The predicted octanol–water partition coefficient (Wildman–Crippen LogP) is 1.90. The Kier molecular flexibility index (Phi) is 9.28. The molecule has 0 spiro atoms. The van der Waals surface area contributed by atoms with Crippen molar-refractivity contribution >= 4 is 15.8 Å². The maximum Gasteiger partial charge on any atom is 0.308 e. The van der Waals surface area contributed by atoms with Crippen molar-refractivity contribution < 1.29 is 5.02 Å². The molecule has 0 aromatic heterocycles. The van der Waals surface area contributed by atoms with Crippen LogP contribution < -0.4 is 5.32 Å². The molecule has 0 radical (unpaired) electrons. The van der Waals surface area contributed by atoms with Crippen LogP contribution in [-0.4, -0.2) is 24.2 Å². The van der Waals surface area contributed by atoms with Gasteiger partial charge >= 0.3 is 6.64 Å². The molecule has 0 aliphatic heterocycles. The third-order valence-electron chi connectivity index (χ3n) is 2.10. The van der Waals surface area contributed by atoms with Crippen molar-refractivity contribution in [3.05, 3.63) is 0 Å². The van der Waals surface area contributed by atoms with E-state index in [-0.39, 0.29) is 6.64 Å². The van der Waals surface area contributed by atoms with E-state index in [1.807, 2.05) is 0 Å². The van der Waals surface area contributed by atoms with E-state index < -0.39 is 0 Å². The molecule has 0 aromatic carbocycles. The second-order valence-corrected chi connectivity index (χ2v) is 4.60. The normalized spacial score (nSPS) is 17.5. The zero-order valence-electron chi connectivity index (χ0n) is 8.92. The van der Waals surface area contributed by atoms with E-state index in [9.17, 15) is 0 Å². The fourth-order valence-electron chi connectivity index (χ4n) is 1.60. The van der Waals surface area contributed by atoms with Crippen LogP contribution in [0.3, 0.4) is 0 Å². The molecule has 4 heteroatoms. The highest BCUT2D eigenvalue weighted by Crippen LogP contribution is 2.16. The van der Waals surface area contributed by atoms with Crippen LogP contribution in [0.2, 0.25) is 6.82 Å². The Morgan fingerprint density at radius 1 is 1.38 bits per heavy atom. The Balaban J connectivity index is 0.000000310. The van der Waals surface area contributed by atoms with E-state index in [0.29, 0.717) is 0 Å². The minimum Gasteiger partial charge on any atom is -0.447 e. The topological polar surface area (TPSA) is 32.3 Å². The Labute approximate surface area is 85.1 Å². The van der Waals surface area contributed by atoms with Crippen molar-refractivity contribution in [1.29, 1.82) is 0 Å². The number of rotatable bonds is 2. The number of hydrogen-bond acceptors (Lipinski definition) is 2. The van der Waals surface area contributed by atoms with Crippen LogP contribution in [0.4, 0.5) is 0 Å². The molecule has 0 saturated heterocycles. The number of nitrogens with one attached hydrogen (secondary N) is 1. The minimum absolute atomic E-state index is 0.250. The summed E-state index contributed by atoms with van der Waals surface area (Å²) in [6.45, 7) is 4.77. The monoisotopic (exact) mass is 203 g/mol. The van der Waals surface area contributed by atoms with Gasteiger partial charge in [0.05, 0.1) is 0 Å². The van der Waals surface area contributed by atoms with Crippen LogP contribution in [0.1, 0.15) is 39.0 Å². The lowest BCUT2D eigenvalue weighted by molar-refractivity contribution is 0.380. The summed E-state index contributed by atoms with van der Waals surface area (Å²) in [6, 6.07) is 0.851. The molecule has 13 heavy (non-hydrogen) atoms. The van der Waals surface area contributed by atoms with Crippen molar-refractivity contribution in [2.45, 2.75) is 51.9 Å². The highest BCUT2D eigenvalue weighted by atomic mass is 31.0. The lowest BCUT2D eigenvalue weighted by Gasteiger charge is -2.21. The Hall–Kier alpha value is 0.415. The molecule has 2 N–H and O–H groups in total. The van der Waals surface area contributed by atoms with Gasteiger partial charge in [0.2, 0.25) is 0 Å². The van der Waals surface area contributed by atoms with Gasteiger partial charge in [0.1, 0.15) is 0 Å². The molecule has 0 aromatic rings. The van der Waals surface area contributed by atoms with Gasteiger partial charge in [-0.25, -0.2) is 0 Å². The molecule has 1 aliphatic rings. The van der Waals surface area contributed by atoms with Crippen LogP contribution >= 0.6 is 9.12 Å². The fraction of sp³-hybridized carbons (Fsp3) is 1.00. The second kappa shape index (κ2) is 8.99. The predicted molar refractivity (Wildman–Crippen MR) is 64.1 cm³/mol. The van der Waals surface area contributed by atoms with Gasteiger partial charge < -0.3 is 10.3 Å². The fourth-order valence-corrected chi connectivity index (χ4v) is 1.60. The molecule has 2 nitrogen and oxygen atoms in total. The molecule has 0 amide bonds. The maximum absolute atomic E-state index is 8.02. The van der Waals surface area contributed by atoms with Crippen LogP contribution in [0.25, 0.3) is 0 Å². The van der Waals surface area contributed by atoms with Gasteiger partial charge in [-0.3, -0.25) is 0 Å². The largest absolute Gasteiger partial charge is 0.447 e. The first-order valence-corrected chi connectivity index (χ1v) is 6.00. The number of hydrogen-bond donors (Lipinski definition) is 2. The standard InChI is InChI=1S/C8H17N.CH6BOP/c1-2-9-8-6-4-3-5-7-8;1-2(3)4/h8-9H,2-7H2,1H3;3H,4H2,1H3. The summed E-state index contributed by atoms with van der Waals surface area (Å²) in [5.41, 5.74) is 0. The second-order valence-electron chi connectivity index (χ2n) is 3.63. The van der Waals surface area contributed by atoms with E-state index in [1.165, 1.54) is 32.1 Å². The molecule has 1 saturated carbocycles. The van der Waals surface area contributed by atoms with Crippen LogP contribution in [0, 0.1) is 0 Å². The zero-order chi connectivity index (χ0) is 10.1. The Morgan fingerprint density at radius 3 is 2.23 bits per heavy atom. The third kappa shape index (κ3) is 10.3. The van der Waals surface area contributed by atoms with Gasteiger partial charge in [-0.05, 0) is 19.4 Å². The van der Waals surface area contributed by atoms with E-state index >= 15 is 0 Å². The lowest BCUT2D eigenvalue weighted by Crippen LogP contribution is -2.30. The van der Waals surface area contributed by atoms with Gasteiger partial charge in [0, 0.05) is 6.04 Å². The van der Waals surface area contributed by atoms with Crippen molar-refractivity contribution in [3.63, 3.8) is 0 Å². The van der Waals surface area contributed by atoms with Crippen molar-refractivity contribution in [3.8, 4) is 0 Å². The van der Waals surface area contributed by atoms with Crippen LogP contribution in [-0.2, 0) is 0 Å². The quantitative estimate of drug-likeness (QED) is 0.530. The van der Waals surface area contributed by atoms with Gasteiger partial charge in [0.25, 0.3) is 0 Å². The van der Waals surface area contributed by atoms with Gasteiger partial charge in [-0.1, -0.05) is 33.0 Å². The maximum atomic E-state index is 8.02. The lowest BCUT2D eigenvalue weighted by atomic mass is 9.96. The minimum atomic E-state index is -0.250. The molecule has 1 atom stereocenters. The van der Waals surface area contributed by atoms with Crippen molar-refractivity contribution in [1.82, 2.24) is 5.32 Å². The van der Waals surface area contributed by atoms with Crippen LogP contribution in [0.5, 0.6) is 0 Å². The van der Waals surface area contributed by atoms with Gasteiger partial charge in [0.15, 0.2) is 0 Å². The first-order chi connectivity index (χ1) is 6.16. The van der Waals surface area contributed by atoms with Crippen molar-refractivity contribution in [2.24, 2.45) is 0 Å². The van der Waals surface area contributed by atoms with Gasteiger partial charge in [-0.2, -0.15) is 0 Å². The van der Waals surface area contributed by atoms with Gasteiger partial charge in [-0.15, -0.1) is 9.12 Å². The molecular weight excluding hydrogens is 180 g/mol. The summed E-state index contributed by atoms with van der Waals surface area (Å²) < 4.78 is 0. The molecular formula is C9H23BNOP. The first-order valence-electron chi connectivity index (χ1n) is 5.33. The van der Waals surface area contributed by atoms with Crippen LogP contribution in [0.15, 0.2) is 0 Å². The summed E-state index contributed by atoms with van der Waals surface area (Å²) in [5, 5.41) is 11.5. The Morgan fingerprint density at radius 2 is 1.85 bits per heavy atom. The molecule has 1 unspecified atom stereocenters. The van der Waals surface area contributed by atoms with E-state index in [1.54, 1.807) is 6.82 Å². The SMILES string of the molecule is CB(O)P.CCNC1CCCCC1. The smallest absolute Gasteiger partial charge is 0.308 e. The van der Waals surface area contributed by atoms with Crippen molar-refractivity contribution in [2.75, 3.05) is 6.54 Å². The van der Waals surface area contributed by atoms with E-state index in [0.717, 1.165) is 12.6 Å². The zero-order valence-corrected chi connectivity index (χ0v) is 10.1. The molecule has 1 aliphatic carbocycles. The molecule has 1 rings (SSSR count). The summed E-state index contributed by atoms with van der Waals surface area (Å²) in [5.74, 6) is 0. The van der Waals surface area contributed by atoms with E-state index in [2.05, 4.69) is 21.4 Å².